The molecule has 0 atom stereocenters. The molecule has 5 nitrogen and oxygen atoms in total. The van der Waals surface area contributed by atoms with Crippen LogP contribution >= 0.6 is 0 Å². The highest BCUT2D eigenvalue weighted by Gasteiger charge is 2.20. The summed E-state index contributed by atoms with van der Waals surface area (Å²) in [6.07, 6.45) is 2.51. The van der Waals surface area contributed by atoms with Gasteiger partial charge in [-0.1, -0.05) is 0 Å². The standard InChI is InChI=1S/C13H17FN2O3/c14-12-3-4-13(16(17)18)11(7-12)8-15-5-6-19-9-10-1-2-10/h3-4,7,10,15H,1-2,5-6,8-9H2. The molecule has 1 aliphatic carbocycles. The van der Waals surface area contributed by atoms with Crippen molar-refractivity contribution in [1.82, 2.24) is 5.32 Å². The number of ether oxygens (including phenoxy) is 1. The maximum absolute atomic E-state index is 13.1. The zero-order valence-corrected chi connectivity index (χ0v) is 10.6. The number of halogens is 1. The van der Waals surface area contributed by atoms with Gasteiger partial charge in [0.05, 0.1) is 11.5 Å². The fourth-order valence-electron chi connectivity index (χ4n) is 1.78. The summed E-state index contributed by atoms with van der Waals surface area (Å²) in [6, 6.07) is 3.48. The van der Waals surface area contributed by atoms with Crippen LogP contribution in [0.25, 0.3) is 0 Å². The lowest BCUT2D eigenvalue weighted by Gasteiger charge is -2.06. The maximum Gasteiger partial charge on any atom is 0.274 e. The van der Waals surface area contributed by atoms with Crippen LogP contribution in [-0.2, 0) is 11.3 Å². The predicted molar refractivity (Wildman–Crippen MR) is 68.3 cm³/mol. The Hall–Kier alpha value is -1.53. The largest absolute Gasteiger partial charge is 0.380 e. The first-order chi connectivity index (χ1) is 9.16. The van der Waals surface area contributed by atoms with Gasteiger partial charge < -0.3 is 10.1 Å². The molecule has 0 saturated heterocycles. The molecule has 104 valence electrons. The lowest BCUT2D eigenvalue weighted by atomic mass is 10.1. The second-order valence-corrected chi connectivity index (χ2v) is 4.73. The molecule has 2 rings (SSSR count). The van der Waals surface area contributed by atoms with E-state index < -0.39 is 10.7 Å². The monoisotopic (exact) mass is 268 g/mol. The minimum atomic E-state index is -0.500. The number of nitrogens with one attached hydrogen (secondary N) is 1. The van der Waals surface area contributed by atoms with E-state index >= 15 is 0 Å². The topological polar surface area (TPSA) is 64.4 Å². The summed E-state index contributed by atoms with van der Waals surface area (Å²) < 4.78 is 18.5. The molecule has 0 aliphatic heterocycles. The molecule has 0 spiro atoms. The molecule has 6 heteroatoms. The van der Waals surface area contributed by atoms with Crippen LogP contribution in [0.5, 0.6) is 0 Å². The second-order valence-electron chi connectivity index (χ2n) is 4.73. The molecular weight excluding hydrogens is 251 g/mol. The first-order valence-corrected chi connectivity index (χ1v) is 6.38. The molecule has 1 fully saturated rings. The van der Waals surface area contributed by atoms with Gasteiger partial charge in [0.1, 0.15) is 5.82 Å². The van der Waals surface area contributed by atoms with Gasteiger partial charge in [-0.25, -0.2) is 4.39 Å². The van der Waals surface area contributed by atoms with Gasteiger partial charge in [-0.3, -0.25) is 10.1 Å². The van der Waals surface area contributed by atoms with E-state index in [4.69, 9.17) is 4.74 Å². The van der Waals surface area contributed by atoms with Crippen molar-refractivity contribution in [3.05, 3.63) is 39.7 Å². The molecule has 19 heavy (non-hydrogen) atoms. The third-order valence-electron chi connectivity index (χ3n) is 3.03. The van der Waals surface area contributed by atoms with Gasteiger partial charge in [0.2, 0.25) is 0 Å². The third-order valence-corrected chi connectivity index (χ3v) is 3.03. The predicted octanol–water partition coefficient (Wildman–Crippen LogP) is 2.25. The van der Waals surface area contributed by atoms with Crippen molar-refractivity contribution in [2.24, 2.45) is 5.92 Å². The Bertz CT molecular complexity index is 450. The van der Waals surface area contributed by atoms with Crippen molar-refractivity contribution < 1.29 is 14.1 Å². The van der Waals surface area contributed by atoms with Gasteiger partial charge >= 0.3 is 0 Å². The van der Waals surface area contributed by atoms with Gasteiger partial charge in [0.25, 0.3) is 5.69 Å². The summed E-state index contributed by atoms with van der Waals surface area (Å²) in [7, 11) is 0. The van der Waals surface area contributed by atoms with E-state index in [1.807, 2.05) is 0 Å². The van der Waals surface area contributed by atoms with E-state index in [0.29, 0.717) is 18.7 Å². The highest BCUT2D eigenvalue weighted by Crippen LogP contribution is 2.28. The van der Waals surface area contributed by atoms with Crippen LogP contribution in [0.4, 0.5) is 10.1 Å². The molecule has 1 aromatic rings. The zero-order valence-electron chi connectivity index (χ0n) is 10.6. The number of nitro groups is 1. The van der Waals surface area contributed by atoms with Crippen LogP contribution < -0.4 is 5.32 Å². The number of nitro benzene ring substituents is 1. The Kier molecular flexibility index (Phi) is 4.81. The van der Waals surface area contributed by atoms with Crippen molar-refractivity contribution in [3.8, 4) is 0 Å². The molecule has 1 aliphatic rings. The second kappa shape index (κ2) is 6.58. The molecule has 0 unspecified atom stereocenters. The van der Waals surface area contributed by atoms with E-state index in [-0.39, 0.29) is 12.2 Å². The van der Waals surface area contributed by atoms with Crippen LogP contribution in [0.15, 0.2) is 18.2 Å². The van der Waals surface area contributed by atoms with Crippen molar-refractivity contribution in [3.63, 3.8) is 0 Å². The van der Waals surface area contributed by atoms with Crippen LogP contribution in [0, 0.1) is 21.8 Å². The summed E-state index contributed by atoms with van der Waals surface area (Å²) >= 11 is 0. The minimum absolute atomic E-state index is 0.0622. The number of hydrogen-bond donors (Lipinski definition) is 1. The fourth-order valence-corrected chi connectivity index (χ4v) is 1.78. The molecule has 0 aromatic heterocycles. The van der Waals surface area contributed by atoms with Gasteiger partial charge in [-0.2, -0.15) is 0 Å². The van der Waals surface area contributed by atoms with Crippen LogP contribution in [-0.4, -0.2) is 24.7 Å². The Labute approximate surface area is 110 Å². The van der Waals surface area contributed by atoms with E-state index in [9.17, 15) is 14.5 Å². The van der Waals surface area contributed by atoms with E-state index in [2.05, 4.69) is 5.32 Å². The molecule has 1 N–H and O–H groups in total. The number of rotatable bonds is 8. The van der Waals surface area contributed by atoms with Gasteiger partial charge in [0.15, 0.2) is 0 Å². The third kappa shape index (κ3) is 4.57. The Morgan fingerprint density at radius 2 is 2.26 bits per heavy atom. The molecule has 0 amide bonds. The van der Waals surface area contributed by atoms with Crippen LogP contribution in [0.1, 0.15) is 18.4 Å². The molecule has 0 bridgehead atoms. The van der Waals surface area contributed by atoms with Gasteiger partial charge in [0, 0.05) is 31.3 Å². The van der Waals surface area contributed by atoms with Gasteiger partial charge in [-0.05, 0) is 30.9 Å². The summed E-state index contributed by atoms with van der Waals surface area (Å²) in [5, 5.41) is 13.8. The molecular formula is C13H17FN2O3. The average Bonchev–Trinajstić information content (AvgIpc) is 3.17. The Morgan fingerprint density at radius 1 is 1.47 bits per heavy atom. The fraction of sp³-hybridized carbons (Fsp3) is 0.538. The number of benzene rings is 1. The SMILES string of the molecule is O=[N+]([O-])c1ccc(F)cc1CNCCOCC1CC1. The molecule has 0 radical (unpaired) electrons. The summed E-state index contributed by atoms with van der Waals surface area (Å²) in [6.45, 7) is 2.22. The zero-order chi connectivity index (χ0) is 13.7. The maximum atomic E-state index is 13.1. The summed E-state index contributed by atoms with van der Waals surface area (Å²) in [5.41, 5.74) is 0.292. The highest BCUT2D eigenvalue weighted by molar-refractivity contribution is 5.40. The Balaban J connectivity index is 1.74. The lowest BCUT2D eigenvalue weighted by Crippen LogP contribution is -2.20. The van der Waals surface area contributed by atoms with E-state index in [0.717, 1.165) is 18.6 Å². The molecule has 1 aromatic carbocycles. The van der Waals surface area contributed by atoms with Gasteiger partial charge in [-0.15, -0.1) is 0 Å². The minimum Gasteiger partial charge on any atom is -0.380 e. The van der Waals surface area contributed by atoms with Crippen molar-refractivity contribution in [2.75, 3.05) is 19.8 Å². The van der Waals surface area contributed by atoms with Crippen molar-refractivity contribution in [2.45, 2.75) is 19.4 Å². The van der Waals surface area contributed by atoms with Crippen molar-refractivity contribution >= 4 is 5.69 Å². The highest BCUT2D eigenvalue weighted by atomic mass is 19.1. The summed E-state index contributed by atoms with van der Waals surface area (Å²) in [4.78, 5) is 10.3. The Morgan fingerprint density at radius 3 is 2.95 bits per heavy atom. The van der Waals surface area contributed by atoms with E-state index in [1.54, 1.807) is 0 Å². The van der Waals surface area contributed by atoms with E-state index in [1.165, 1.54) is 25.0 Å². The van der Waals surface area contributed by atoms with Crippen LogP contribution in [0.2, 0.25) is 0 Å². The molecule has 0 heterocycles. The van der Waals surface area contributed by atoms with Crippen molar-refractivity contribution in [1.29, 1.82) is 0 Å². The smallest absolute Gasteiger partial charge is 0.274 e. The molecule has 1 saturated carbocycles. The number of hydrogen-bond acceptors (Lipinski definition) is 4. The summed E-state index contributed by atoms with van der Waals surface area (Å²) in [5.74, 6) is 0.261. The number of nitrogens with zero attached hydrogens (tertiary/aromatic N) is 1. The average molecular weight is 268 g/mol. The lowest BCUT2D eigenvalue weighted by molar-refractivity contribution is -0.385. The normalized spacial score (nSPS) is 14.6. The van der Waals surface area contributed by atoms with Crippen LogP contribution in [0.3, 0.4) is 0 Å². The first-order valence-electron chi connectivity index (χ1n) is 6.38. The quantitative estimate of drug-likeness (QED) is 0.446. The first kappa shape index (κ1) is 13.9.